The molecule has 0 bridgehead atoms. The molecule has 0 saturated heterocycles. The highest BCUT2D eigenvalue weighted by Crippen LogP contribution is 2.20. The monoisotopic (exact) mass is 269 g/mol. The van der Waals surface area contributed by atoms with Crippen LogP contribution in [0.1, 0.15) is 25.7 Å². The van der Waals surface area contributed by atoms with E-state index in [1.165, 1.54) is 20.3 Å². The van der Waals surface area contributed by atoms with Gasteiger partial charge in [-0.25, -0.2) is 4.39 Å². The summed E-state index contributed by atoms with van der Waals surface area (Å²) in [6.07, 6.45) is 3.01. The lowest BCUT2D eigenvalue weighted by Gasteiger charge is -2.08. The van der Waals surface area contributed by atoms with Crippen LogP contribution in [0.15, 0.2) is 18.2 Å². The largest absolute Gasteiger partial charge is 0.497 e. The normalized spacial score (nSPS) is 10.1. The Morgan fingerprint density at radius 2 is 2.05 bits per heavy atom. The molecule has 0 aromatic heterocycles. The average Bonchev–Trinajstić information content (AvgIpc) is 2.43. The van der Waals surface area contributed by atoms with Crippen molar-refractivity contribution in [2.45, 2.75) is 25.7 Å². The van der Waals surface area contributed by atoms with Crippen molar-refractivity contribution in [3.8, 4) is 5.75 Å². The third kappa shape index (κ3) is 5.59. The summed E-state index contributed by atoms with van der Waals surface area (Å²) < 4.78 is 23.0. The van der Waals surface area contributed by atoms with Crippen molar-refractivity contribution in [1.82, 2.24) is 0 Å². The van der Waals surface area contributed by atoms with Crippen molar-refractivity contribution in [3.63, 3.8) is 0 Å². The number of benzene rings is 1. The number of esters is 1. The third-order valence-corrected chi connectivity index (χ3v) is 2.78. The summed E-state index contributed by atoms with van der Waals surface area (Å²) in [6.45, 7) is 0.671. The van der Waals surface area contributed by atoms with Gasteiger partial charge in [0.15, 0.2) is 0 Å². The van der Waals surface area contributed by atoms with Gasteiger partial charge in [-0.1, -0.05) is 6.42 Å². The molecule has 4 nitrogen and oxygen atoms in total. The molecule has 0 fully saturated rings. The number of nitrogens with one attached hydrogen (secondary N) is 1. The predicted octanol–water partition coefficient (Wildman–Crippen LogP) is 2.98. The SMILES string of the molecule is COC(=O)CCCCCNc1ccc(OC)cc1F. The Labute approximate surface area is 112 Å². The van der Waals surface area contributed by atoms with Gasteiger partial charge >= 0.3 is 5.97 Å². The zero-order chi connectivity index (χ0) is 14.1. The minimum atomic E-state index is -0.325. The van der Waals surface area contributed by atoms with Crippen molar-refractivity contribution in [2.75, 3.05) is 26.1 Å². The molecule has 1 N–H and O–H groups in total. The molecular formula is C14H20FNO3. The van der Waals surface area contributed by atoms with E-state index in [2.05, 4.69) is 10.1 Å². The molecule has 0 atom stereocenters. The number of hydrogen-bond donors (Lipinski definition) is 1. The number of ether oxygens (including phenoxy) is 2. The zero-order valence-corrected chi connectivity index (χ0v) is 11.4. The van der Waals surface area contributed by atoms with Gasteiger partial charge in [-0.2, -0.15) is 0 Å². The summed E-state index contributed by atoms with van der Waals surface area (Å²) in [5, 5.41) is 3.02. The maximum absolute atomic E-state index is 13.6. The molecule has 0 spiro atoms. The Balaban J connectivity index is 2.21. The Kier molecular flexibility index (Phi) is 6.71. The molecule has 19 heavy (non-hydrogen) atoms. The van der Waals surface area contributed by atoms with Gasteiger partial charge in [0, 0.05) is 19.0 Å². The smallest absolute Gasteiger partial charge is 0.305 e. The van der Waals surface area contributed by atoms with Crippen LogP contribution in [-0.2, 0) is 9.53 Å². The fraction of sp³-hybridized carbons (Fsp3) is 0.500. The van der Waals surface area contributed by atoms with Crippen LogP contribution in [0, 0.1) is 5.82 Å². The van der Waals surface area contributed by atoms with Gasteiger partial charge in [-0.15, -0.1) is 0 Å². The predicted molar refractivity (Wildman–Crippen MR) is 71.9 cm³/mol. The fourth-order valence-electron chi connectivity index (χ4n) is 1.66. The van der Waals surface area contributed by atoms with Crippen LogP contribution in [0.4, 0.5) is 10.1 Å². The van der Waals surface area contributed by atoms with Crippen molar-refractivity contribution in [1.29, 1.82) is 0 Å². The Bertz CT molecular complexity index is 410. The first-order valence-corrected chi connectivity index (χ1v) is 6.31. The van der Waals surface area contributed by atoms with E-state index in [0.29, 0.717) is 24.4 Å². The molecule has 0 radical (unpaired) electrons. The van der Waals surface area contributed by atoms with Gasteiger partial charge in [0.2, 0.25) is 0 Å². The topological polar surface area (TPSA) is 47.6 Å². The Morgan fingerprint density at radius 3 is 2.68 bits per heavy atom. The summed E-state index contributed by atoms with van der Waals surface area (Å²) in [5.74, 6) is -0.0100. The van der Waals surface area contributed by atoms with Gasteiger partial charge in [0.05, 0.1) is 19.9 Å². The number of halogens is 1. The van der Waals surface area contributed by atoms with E-state index in [9.17, 15) is 9.18 Å². The first kappa shape index (κ1) is 15.3. The van der Waals surface area contributed by atoms with Crippen LogP contribution in [0.5, 0.6) is 5.75 Å². The number of methoxy groups -OCH3 is 2. The number of unbranched alkanes of at least 4 members (excludes halogenated alkanes) is 2. The number of carbonyl (C=O) groups is 1. The minimum absolute atomic E-state index is 0.186. The summed E-state index contributed by atoms with van der Waals surface area (Å²) in [4.78, 5) is 10.9. The number of hydrogen-bond acceptors (Lipinski definition) is 4. The van der Waals surface area contributed by atoms with Gasteiger partial charge < -0.3 is 14.8 Å². The maximum Gasteiger partial charge on any atom is 0.305 e. The van der Waals surface area contributed by atoms with Gasteiger partial charge in [0.1, 0.15) is 11.6 Å². The Hall–Kier alpha value is -1.78. The molecule has 0 aliphatic heterocycles. The van der Waals surface area contributed by atoms with Crippen molar-refractivity contribution < 1.29 is 18.7 Å². The number of carbonyl (C=O) groups excluding carboxylic acids is 1. The first-order valence-electron chi connectivity index (χ1n) is 6.31. The average molecular weight is 269 g/mol. The highest BCUT2D eigenvalue weighted by atomic mass is 19.1. The lowest BCUT2D eigenvalue weighted by molar-refractivity contribution is -0.140. The summed E-state index contributed by atoms with van der Waals surface area (Å²) in [5.41, 5.74) is 0.466. The van der Waals surface area contributed by atoms with E-state index in [1.54, 1.807) is 12.1 Å². The zero-order valence-electron chi connectivity index (χ0n) is 11.4. The second-order valence-corrected chi connectivity index (χ2v) is 4.16. The van der Waals surface area contributed by atoms with Gasteiger partial charge in [-0.05, 0) is 25.0 Å². The van der Waals surface area contributed by atoms with Crippen molar-refractivity contribution >= 4 is 11.7 Å². The highest BCUT2D eigenvalue weighted by Gasteiger charge is 2.03. The highest BCUT2D eigenvalue weighted by molar-refractivity contribution is 5.68. The molecule has 0 heterocycles. The van der Waals surface area contributed by atoms with Crippen molar-refractivity contribution in [2.24, 2.45) is 0 Å². The van der Waals surface area contributed by atoms with Gasteiger partial charge in [-0.3, -0.25) is 4.79 Å². The fourth-order valence-corrected chi connectivity index (χ4v) is 1.66. The molecule has 106 valence electrons. The van der Waals surface area contributed by atoms with Crippen LogP contribution >= 0.6 is 0 Å². The third-order valence-electron chi connectivity index (χ3n) is 2.78. The van der Waals surface area contributed by atoms with Gasteiger partial charge in [0.25, 0.3) is 0 Å². The van der Waals surface area contributed by atoms with Crippen LogP contribution in [-0.4, -0.2) is 26.7 Å². The summed E-state index contributed by atoms with van der Waals surface area (Å²) in [7, 11) is 2.89. The van der Waals surface area contributed by atoms with E-state index in [4.69, 9.17) is 4.74 Å². The molecular weight excluding hydrogens is 249 g/mol. The molecule has 1 aromatic rings. The maximum atomic E-state index is 13.6. The standard InChI is InChI=1S/C14H20FNO3/c1-18-11-7-8-13(12(15)10-11)16-9-5-3-4-6-14(17)19-2/h7-8,10,16H,3-6,9H2,1-2H3. The molecule has 1 aromatic carbocycles. The first-order chi connectivity index (χ1) is 9.17. The van der Waals surface area contributed by atoms with Crippen LogP contribution in [0.2, 0.25) is 0 Å². The number of anilines is 1. The van der Waals surface area contributed by atoms with E-state index >= 15 is 0 Å². The number of rotatable bonds is 8. The van der Waals surface area contributed by atoms with Crippen LogP contribution in [0.25, 0.3) is 0 Å². The van der Waals surface area contributed by atoms with E-state index in [-0.39, 0.29) is 11.8 Å². The minimum Gasteiger partial charge on any atom is -0.497 e. The lowest BCUT2D eigenvalue weighted by Crippen LogP contribution is -2.04. The summed E-state index contributed by atoms with van der Waals surface area (Å²) >= 11 is 0. The van der Waals surface area contributed by atoms with E-state index in [0.717, 1.165) is 19.3 Å². The molecule has 0 unspecified atom stereocenters. The molecule has 0 aliphatic carbocycles. The van der Waals surface area contributed by atoms with Crippen molar-refractivity contribution in [3.05, 3.63) is 24.0 Å². The van der Waals surface area contributed by atoms with E-state index < -0.39 is 0 Å². The molecule has 5 heteroatoms. The Morgan fingerprint density at radius 1 is 1.26 bits per heavy atom. The van der Waals surface area contributed by atoms with Crippen LogP contribution in [0.3, 0.4) is 0 Å². The van der Waals surface area contributed by atoms with Crippen LogP contribution < -0.4 is 10.1 Å². The molecule has 0 aliphatic rings. The molecule has 0 amide bonds. The second kappa shape index (κ2) is 8.34. The van der Waals surface area contributed by atoms with E-state index in [1.807, 2.05) is 0 Å². The second-order valence-electron chi connectivity index (χ2n) is 4.16. The summed E-state index contributed by atoms with van der Waals surface area (Å²) in [6, 6.07) is 4.71. The lowest BCUT2D eigenvalue weighted by atomic mass is 10.2. The molecule has 0 saturated carbocycles. The molecule has 1 rings (SSSR count). The quantitative estimate of drug-likeness (QED) is 0.582.